The van der Waals surface area contributed by atoms with Crippen LogP contribution in [-0.4, -0.2) is 37.9 Å². The average Bonchev–Trinajstić information content (AvgIpc) is 3.19. The molecular formula is C19H25NO4. The number of benzene rings is 1. The van der Waals surface area contributed by atoms with Crippen molar-refractivity contribution in [3.63, 3.8) is 0 Å². The van der Waals surface area contributed by atoms with Crippen LogP contribution < -0.4 is 14.8 Å². The van der Waals surface area contributed by atoms with E-state index >= 15 is 0 Å². The molecule has 0 saturated carbocycles. The Morgan fingerprint density at radius 1 is 1.46 bits per heavy atom. The molecule has 1 N–H and O–H groups in total. The van der Waals surface area contributed by atoms with Gasteiger partial charge in [0.2, 0.25) is 5.91 Å². The van der Waals surface area contributed by atoms with Crippen LogP contribution in [0.2, 0.25) is 0 Å². The highest BCUT2D eigenvalue weighted by molar-refractivity contribution is 5.92. The van der Waals surface area contributed by atoms with Crippen molar-refractivity contribution < 1.29 is 19.0 Å². The maximum absolute atomic E-state index is 12.0. The predicted octanol–water partition coefficient (Wildman–Crippen LogP) is 2.72. The van der Waals surface area contributed by atoms with Crippen LogP contribution in [0, 0.1) is 0 Å². The van der Waals surface area contributed by atoms with Crippen LogP contribution in [0.3, 0.4) is 0 Å². The van der Waals surface area contributed by atoms with Gasteiger partial charge in [0.25, 0.3) is 0 Å². The van der Waals surface area contributed by atoms with Crippen LogP contribution in [0.25, 0.3) is 6.08 Å². The summed E-state index contributed by atoms with van der Waals surface area (Å²) in [6.45, 7) is 5.94. The summed E-state index contributed by atoms with van der Waals surface area (Å²) in [5.41, 5.74) is 2.02. The summed E-state index contributed by atoms with van der Waals surface area (Å²) in [7, 11) is 0. The van der Waals surface area contributed by atoms with Crippen molar-refractivity contribution in [2.24, 2.45) is 0 Å². The summed E-state index contributed by atoms with van der Waals surface area (Å²) in [5.74, 6) is 1.55. The first-order valence-electron chi connectivity index (χ1n) is 8.69. The average molecular weight is 331 g/mol. The molecule has 1 aromatic carbocycles. The molecule has 2 aliphatic heterocycles. The number of rotatable bonds is 6. The molecule has 0 aliphatic carbocycles. The predicted molar refractivity (Wildman–Crippen MR) is 92.4 cm³/mol. The zero-order chi connectivity index (χ0) is 16.9. The second-order valence-corrected chi connectivity index (χ2v) is 6.28. The monoisotopic (exact) mass is 331 g/mol. The third-order valence-corrected chi connectivity index (χ3v) is 4.27. The normalized spacial score (nSPS) is 22.4. The summed E-state index contributed by atoms with van der Waals surface area (Å²) < 4.78 is 17.0. The van der Waals surface area contributed by atoms with Crippen molar-refractivity contribution in [3.05, 3.63) is 29.3 Å². The van der Waals surface area contributed by atoms with Crippen molar-refractivity contribution in [3.8, 4) is 11.5 Å². The Kier molecular flexibility index (Phi) is 5.41. The van der Waals surface area contributed by atoms with Gasteiger partial charge in [0.1, 0.15) is 17.6 Å². The minimum Gasteiger partial charge on any atom is -0.493 e. The number of ether oxygens (including phenoxy) is 3. The minimum absolute atomic E-state index is 0.122. The van der Waals surface area contributed by atoms with Gasteiger partial charge in [-0.05, 0) is 44.9 Å². The molecular weight excluding hydrogens is 306 g/mol. The Hall–Kier alpha value is -2.01. The van der Waals surface area contributed by atoms with Crippen LogP contribution in [0.15, 0.2) is 18.2 Å². The van der Waals surface area contributed by atoms with Gasteiger partial charge in [-0.2, -0.15) is 0 Å². The van der Waals surface area contributed by atoms with E-state index < -0.39 is 0 Å². The quantitative estimate of drug-likeness (QED) is 0.814. The molecule has 5 heteroatoms. The second-order valence-electron chi connectivity index (χ2n) is 6.28. The highest BCUT2D eigenvalue weighted by atomic mass is 16.5. The van der Waals surface area contributed by atoms with Gasteiger partial charge in [0, 0.05) is 36.8 Å². The molecule has 0 bridgehead atoms. The van der Waals surface area contributed by atoms with Crippen molar-refractivity contribution in [2.45, 2.75) is 45.3 Å². The van der Waals surface area contributed by atoms with E-state index in [1.165, 1.54) is 6.08 Å². The number of hydrogen-bond acceptors (Lipinski definition) is 4. The summed E-state index contributed by atoms with van der Waals surface area (Å²) >= 11 is 0. The van der Waals surface area contributed by atoms with Gasteiger partial charge in [0.05, 0.1) is 12.7 Å². The first-order chi connectivity index (χ1) is 11.7. The highest BCUT2D eigenvalue weighted by Gasteiger charge is 2.21. The second kappa shape index (κ2) is 7.71. The van der Waals surface area contributed by atoms with E-state index in [1.54, 1.807) is 6.08 Å². The first-order valence-corrected chi connectivity index (χ1v) is 8.69. The maximum atomic E-state index is 12.0. The molecule has 5 nitrogen and oxygen atoms in total. The molecule has 1 fully saturated rings. The number of nitrogens with one attached hydrogen (secondary N) is 1. The summed E-state index contributed by atoms with van der Waals surface area (Å²) in [6, 6.07) is 3.97. The molecule has 0 radical (unpaired) electrons. The summed E-state index contributed by atoms with van der Waals surface area (Å²) in [4.78, 5) is 12.0. The zero-order valence-corrected chi connectivity index (χ0v) is 14.3. The van der Waals surface area contributed by atoms with Crippen molar-refractivity contribution in [2.75, 3.05) is 19.8 Å². The molecule has 0 spiro atoms. The molecule has 3 rings (SSSR count). The third kappa shape index (κ3) is 4.09. The van der Waals surface area contributed by atoms with E-state index in [1.807, 2.05) is 19.1 Å². The largest absolute Gasteiger partial charge is 0.493 e. The Labute approximate surface area is 143 Å². The van der Waals surface area contributed by atoms with Gasteiger partial charge in [0.15, 0.2) is 0 Å². The van der Waals surface area contributed by atoms with Gasteiger partial charge >= 0.3 is 0 Å². The number of carbonyl (C=O) groups excluding carboxylic acids is 1. The van der Waals surface area contributed by atoms with E-state index in [0.29, 0.717) is 13.2 Å². The topological polar surface area (TPSA) is 56.8 Å². The third-order valence-electron chi connectivity index (χ3n) is 4.27. The van der Waals surface area contributed by atoms with E-state index in [2.05, 4.69) is 12.2 Å². The zero-order valence-electron chi connectivity index (χ0n) is 14.3. The van der Waals surface area contributed by atoms with Crippen LogP contribution in [0.5, 0.6) is 11.5 Å². The standard InChI is InChI=1S/C19H25NO4/c1-3-22-17-11-15-9-13(2)24-18(15)10-14(17)6-7-19(21)20-12-16-5-4-8-23-16/h6-7,10-11,13,16H,3-5,8-9,12H2,1-2H3,(H,20,21)/b7-6+. The molecule has 2 heterocycles. The first kappa shape index (κ1) is 16.8. The smallest absolute Gasteiger partial charge is 0.244 e. The highest BCUT2D eigenvalue weighted by Crippen LogP contribution is 2.35. The molecule has 2 atom stereocenters. The molecule has 24 heavy (non-hydrogen) atoms. The fraction of sp³-hybridized carbons (Fsp3) is 0.526. The molecule has 1 saturated heterocycles. The number of carbonyl (C=O) groups is 1. The lowest BCUT2D eigenvalue weighted by Gasteiger charge is -2.11. The lowest BCUT2D eigenvalue weighted by molar-refractivity contribution is -0.116. The van der Waals surface area contributed by atoms with Crippen LogP contribution in [0.4, 0.5) is 0 Å². The van der Waals surface area contributed by atoms with Gasteiger partial charge < -0.3 is 19.5 Å². The summed E-state index contributed by atoms with van der Waals surface area (Å²) in [5, 5.41) is 2.88. The fourth-order valence-electron chi connectivity index (χ4n) is 3.11. The fourth-order valence-corrected chi connectivity index (χ4v) is 3.11. The number of amides is 1. The Morgan fingerprint density at radius 3 is 3.08 bits per heavy atom. The van der Waals surface area contributed by atoms with Crippen LogP contribution >= 0.6 is 0 Å². The van der Waals surface area contributed by atoms with Crippen LogP contribution in [0.1, 0.15) is 37.8 Å². The SMILES string of the molecule is CCOc1cc2c(cc1/C=C/C(=O)NCC1CCCO1)OC(C)C2. The number of hydrogen-bond donors (Lipinski definition) is 1. The lowest BCUT2D eigenvalue weighted by Crippen LogP contribution is -2.30. The van der Waals surface area contributed by atoms with Gasteiger partial charge in [-0.1, -0.05) is 0 Å². The van der Waals surface area contributed by atoms with E-state index in [0.717, 1.165) is 48.5 Å². The Morgan fingerprint density at radius 2 is 2.33 bits per heavy atom. The van der Waals surface area contributed by atoms with Crippen molar-refractivity contribution >= 4 is 12.0 Å². The van der Waals surface area contributed by atoms with Gasteiger partial charge in [-0.3, -0.25) is 4.79 Å². The van der Waals surface area contributed by atoms with E-state index in [4.69, 9.17) is 14.2 Å². The Balaban J connectivity index is 1.66. The van der Waals surface area contributed by atoms with Crippen LogP contribution in [-0.2, 0) is 16.0 Å². The maximum Gasteiger partial charge on any atom is 0.244 e. The molecule has 0 aromatic heterocycles. The van der Waals surface area contributed by atoms with Gasteiger partial charge in [-0.15, -0.1) is 0 Å². The van der Waals surface area contributed by atoms with Gasteiger partial charge in [-0.25, -0.2) is 0 Å². The molecule has 1 amide bonds. The Bertz CT molecular complexity index is 620. The molecule has 1 aromatic rings. The van der Waals surface area contributed by atoms with E-state index in [-0.39, 0.29) is 18.1 Å². The van der Waals surface area contributed by atoms with Crippen molar-refractivity contribution in [1.29, 1.82) is 0 Å². The molecule has 2 unspecified atom stereocenters. The molecule has 130 valence electrons. The van der Waals surface area contributed by atoms with Crippen molar-refractivity contribution in [1.82, 2.24) is 5.32 Å². The summed E-state index contributed by atoms with van der Waals surface area (Å²) in [6.07, 6.45) is 6.63. The van der Waals surface area contributed by atoms with E-state index in [9.17, 15) is 4.79 Å². The number of fused-ring (bicyclic) bond motifs is 1. The lowest BCUT2D eigenvalue weighted by atomic mass is 10.1. The minimum atomic E-state index is -0.122. The molecule has 2 aliphatic rings.